The van der Waals surface area contributed by atoms with Crippen molar-refractivity contribution in [3.63, 3.8) is 0 Å². The predicted molar refractivity (Wildman–Crippen MR) is 89.6 cm³/mol. The fourth-order valence-electron chi connectivity index (χ4n) is 2.80. The third-order valence-corrected chi connectivity index (χ3v) is 4.02. The second kappa shape index (κ2) is 6.63. The van der Waals surface area contributed by atoms with Crippen molar-refractivity contribution in [3.8, 4) is 0 Å². The minimum atomic E-state index is -4.62. The van der Waals surface area contributed by atoms with Crippen LogP contribution in [0.25, 0.3) is 0 Å². The maximum atomic E-state index is 13.6. The van der Waals surface area contributed by atoms with Crippen molar-refractivity contribution in [1.82, 2.24) is 9.78 Å². The van der Waals surface area contributed by atoms with Gasteiger partial charge in [-0.1, -0.05) is 60.2 Å². The Hall–Kier alpha value is -2.76. The summed E-state index contributed by atoms with van der Waals surface area (Å²) in [6, 6.07) is 15.8. The van der Waals surface area contributed by atoms with E-state index in [0.29, 0.717) is 11.1 Å². The average molecular weight is 346 g/mol. The minimum Gasteiger partial charge on any atom is -0.276 e. The van der Waals surface area contributed by atoms with Gasteiger partial charge in [0.15, 0.2) is 0 Å². The number of halogens is 3. The molecule has 0 amide bonds. The molecule has 0 spiro atoms. The molecule has 3 aromatic rings. The highest BCUT2D eigenvalue weighted by atomic mass is 19.4. The van der Waals surface area contributed by atoms with E-state index in [0.717, 1.165) is 10.2 Å². The van der Waals surface area contributed by atoms with Crippen molar-refractivity contribution in [3.05, 3.63) is 92.9 Å². The van der Waals surface area contributed by atoms with Crippen LogP contribution < -0.4 is 5.56 Å². The first-order chi connectivity index (χ1) is 11.8. The highest BCUT2D eigenvalue weighted by Gasteiger charge is 2.39. The van der Waals surface area contributed by atoms with Crippen LogP contribution in [0, 0.1) is 6.92 Å². The molecular weight excluding hydrogens is 329 g/mol. The summed E-state index contributed by atoms with van der Waals surface area (Å²) in [6.07, 6.45) is -4.68. The van der Waals surface area contributed by atoms with Crippen molar-refractivity contribution < 1.29 is 13.2 Å². The summed E-state index contributed by atoms with van der Waals surface area (Å²) in [4.78, 5) is 12.2. The Morgan fingerprint density at radius 3 is 2.20 bits per heavy atom. The van der Waals surface area contributed by atoms with E-state index in [-0.39, 0.29) is 18.5 Å². The Labute approximate surface area is 142 Å². The van der Waals surface area contributed by atoms with E-state index in [1.807, 2.05) is 19.1 Å². The predicted octanol–water partition coefficient (Wildman–Crippen LogP) is 4.14. The lowest BCUT2D eigenvalue weighted by Crippen LogP contribution is -2.17. The summed E-state index contributed by atoms with van der Waals surface area (Å²) in [6.45, 7) is 1.85. The first-order valence-electron chi connectivity index (χ1n) is 7.83. The lowest BCUT2D eigenvalue weighted by atomic mass is 10.0. The SMILES string of the molecule is Cc1ccc(Cc2c(C(F)(F)F)n(Cc3ccccc3)[nH]c2=O)cc1. The fraction of sp³-hybridized carbons (Fsp3) is 0.211. The van der Waals surface area contributed by atoms with E-state index < -0.39 is 17.4 Å². The number of aromatic amines is 1. The van der Waals surface area contributed by atoms with E-state index in [4.69, 9.17) is 0 Å². The fourth-order valence-corrected chi connectivity index (χ4v) is 2.80. The van der Waals surface area contributed by atoms with Crippen molar-refractivity contribution in [2.24, 2.45) is 0 Å². The van der Waals surface area contributed by atoms with Crippen molar-refractivity contribution >= 4 is 0 Å². The van der Waals surface area contributed by atoms with E-state index in [2.05, 4.69) is 5.10 Å². The van der Waals surface area contributed by atoms with Gasteiger partial charge in [0, 0.05) is 6.42 Å². The molecule has 0 saturated carbocycles. The summed E-state index contributed by atoms with van der Waals surface area (Å²) >= 11 is 0. The molecule has 3 nitrogen and oxygen atoms in total. The van der Waals surface area contributed by atoms with Crippen molar-refractivity contribution in [2.45, 2.75) is 26.1 Å². The van der Waals surface area contributed by atoms with Crippen LogP contribution in [-0.2, 0) is 19.1 Å². The zero-order valence-electron chi connectivity index (χ0n) is 13.6. The second-order valence-electron chi connectivity index (χ2n) is 6.00. The lowest BCUT2D eigenvalue weighted by Gasteiger charge is -2.13. The molecule has 3 rings (SSSR count). The summed E-state index contributed by atoms with van der Waals surface area (Å²) in [7, 11) is 0. The van der Waals surface area contributed by atoms with Gasteiger partial charge in [0.1, 0.15) is 5.69 Å². The average Bonchev–Trinajstić information content (AvgIpc) is 2.86. The van der Waals surface area contributed by atoms with Gasteiger partial charge in [0.05, 0.1) is 12.1 Å². The van der Waals surface area contributed by atoms with Crippen molar-refractivity contribution in [1.29, 1.82) is 0 Å². The third-order valence-electron chi connectivity index (χ3n) is 4.02. The Morgan fingerprint density at radius 1 is 0.960 bits per heavy atom. The summed E-state index contributed by atoms with van der Waals surface area (Å²) in [5.74, 6) is 0. The first-order valence-corrected chi connectivity index (χ1v) is 7.83. The molecule has 0 aliphatic heterocycles. The molecule has 2 aromatic carbocycles. The number of nitrogens with one attached hydrogen (secondary N) is 1. The van der Waals surface area contributed by atoms with Gasteiger partial charge in [-0.05, 0) is 18.1 Å². The van der Waals surface area contributed by atoms with Gasteiger partial charge < -0.3 is 0 Å². The molecule has 25 heavy (non-hydrogen) atoms. The largest absolute Gasteiger partial charge is 0.433 e. The van der Waals surface area contributed by atoms with Crippen LogP contribution in [0.1, 0.15) is 27.9 Å². The van der Waals surface area contributed by atoms with Gasteiger partial charge in [0.2, 0.25) is 0 Å². The van der Waals surface area contributed by atoms with E-state index in [1.54, 1.807) is 42.5 Å². The number of hydrogen-bond donors (Lipinski definition) is 1. The number of aryl methyl sites for hydroxylation is 1. The number of benzene rings is 2. The Morgan fingerprint density at radius 2 is 1.60 bits per heavy atom. The smallest absolute Gasteiger partial charge is 0.276 e. The summed E-state index contributed by atoms with van der Waals surface area (Å²) in [5.41, 5.74) is 0.480. The van der Waals surface area contributed by atoms with Crippen LogP contribution in [0.2, 0.25) is 0 Å². The molecule has 1 aromatic heterocycles. The number of aromatic nitrogens is 2. The Kier molecular flexibility index (Phi) is 4.53. The zero-order valence-corrected chi connectivity index (χ0v) is 13.6. The van der Waals surface area contributed by atoms with Crippen LogP contribution in [-0.4, -0.2) is 9.78 Å². The molecule has 0 aliphatic rings. The number of nitrogens with zero attached hydrogens (tertiary/aromatic N) is 1. The monoisotopic (exact) mass is 346 g/mol. The summed E-state index contributed by atoms with van der Waals surface area (Å²) < 4.78 is 41.7. The molecule has 1 heterocycles. The molecule has 0 unspecified atom stereocenters. The van der Waals surface area contributed by atoms with Crippen molar-refractivity contribution in [2.75, 3.05) is 0 Å². The van der Waals surface area contributed by atoms with E-state index in [9.17, 15) is 18.0 Å². The Bertz CT molecular complexity index is 907. The van der Waals surface area contributed by atoms with Gasteiger partial charge in [-0.15, -0.1) is 0 Å². The van der Waals surface area contributed by atoms with E-state index >= 15 is 0 Å². The molecule has 0 aliphatic carbocycles. The van der Waals surface area contributed by atoms with E-state index in [1.165, 1.54) is 0 Å². The van der Waals surface area contributed by atoms with Gasteiger partial charge >= 0.3 is 6.18 Å². The van der Waals surface area contributed by atoms with Crippen LogP contribution in [0.15, 0.2) is 59.4 Å². The number of rotatable bonds is 4. The standard InChI is InChI=1S/C19H17F3N2O/c1-13-7-9-14(10-8-13)11-16-17(19(20,21)22)24(23-18(16)25)12-15-5-3-2-4-6-15/h2-10H,11-12H2,1H3,(H,23,25). The highest BCUT2D eigenvalue weighted by Crippen LogP contribution is 2.32. The molecular formula is C19H17F3N2O. The van der Waals surface area contributed by atoms with Crippen LogP contribution in [0.4, 0.5) is 13.2 Å². The van der Waals surface area contributed by atoms with Crippen LogP contribution in [0.5, 0.6) is 0 Å². The quantitative estimate of drug-likeness (QED) is 0.757. The zero-order chi connectivity index (χ0) is 18.0. The number of alkyl halides is 3. The van der Waals surface area contributed by atoms with Gasteiger partial charge in [-0.25, -0.2) is 0 Å². The second-order valence-corrected chi connectivity index (χ2v) is 6.00. The summed E-state index contributed by atoms with van der Waals surface area (Å²) in [5, 5.41) is 2.34. The normalized spacial score (nSPS) is 11.7. The molecule has 0 atom stereocenters. The maximum Gasteiger partial charge on any atom is 0.433 e. The molecule has 0 saturated heterocycles. The van der Waals surface area contributed by atoms with Gasteiger partial charge in [-0.3, -0.25) is 14.6 Å². The minimum absolute atomic E-state index is 0.0428. The topological polar surface area (TPSA) is 37.8 Å². The maximum absolute atomic E-state index is 13.6. The molecule has 1 N–H and O–H groups in total. The molecule has 0 fully saturated rings. The third kappa shape index (κ3) is 3.84. The molecule has 6 heteroatoms. The van der Waals surface area contributed by atoms with Crippen LogP contribution >= 0.6 is 0 Å². The Balaban J connectivity index is 2.03. The molecule has 130 valence electrons. The molecule has 0 bridgehead atoms. The first kappa shape index (κ1) is 17.1. The lowest BCUT2D eigenvalue weighted by molar-refractivity contribution is -0.144. The van der Waals surface area contributed by atoms with Gasteiger partial charge in [0.25, 0.3) is 5.56 Å². The highest BCUT2D eigenvalue weighted by molar-refractivity contribution is 5.31. The number of hydrogen-bond acceptors (Lipinski definition) is 1. The van der Waals surface area contributed by atoms with Crippen LogP contribution in [0.3, 0.4) is 0 Å². The molecule has 0 radical (unpaired) electrons. The number of H-pyrrole nitrogens is 1. The van der Waals surface area contributed by atoms with Gasteiger partial charge in [-0.2, -0.15) is 13.2 Å².